The topological polar surface area (TPSA) is 0 Å². The lowest BCUT2D eigenvalue weighted by Gasteiger charge is -2.05. The van der Waals surface area contributed by atoms with Crippen LogP contribution >= 0.6 is 0 Å². The Balaban J connectivity index is 1.90. The summed E-state index contributed by atoms with van der Waals surface area (Å²) in [5.74, 6) is 0. The zero-order chi connectivity index (χ0) is 15.1. The molecule has 0 aliphatic carbocycles. The molecule has 0 atom stereocenters. The highest BCUT2D eigenvalue weighted by Gasteiger charge is 2.29. The standard InChI is InChI=1S/C18H15F3/c19-18(20,21)17-13-11-16(12-14-17)10-6-2-5-9-15-7-3-1-4-8-15/h1-4,7-8,10-14H,5,9H2. The molecular weight excluding hydrogens is 273 g/mol. The summed E-state index contributed by atoms with van der Waals surface area (Å²) >= 11 is 0. The first-order valence-electron chi connectivity index (χ1n) is 6.68. The Morgan fingerprint density at radius 1 is 0.905 bits per heavy atom. The first-order valence-corrected chi connectivity index (χ1v) is 6.68. The Labute approximate surface area is 122 Å². The normalized spacial score (nSPS) is 10.8. The molecule has 0 N–H and O–H groups in total. The van der Waals surface area contributed by atoms with Crippen molar-refractivity contribution in [3.8, 4) is 0 Å². The summed E-state index contributed by atoms with van der Waals surface area (Å²) in [6.45, 7) is 0. The minimum Gasteiger partial charge on any atom is -0.166 e. The van der Waals surface area contributed by atoms with Crippen LogP contribution in [0.3, 0.4) is 0 Å². The maximum Gasteiger partial charge on any atom is 0.416 e. The molecule has 0 aliphatic heterocycles. The minimum atomic E-state index is -4.28. The van der Waals surface area contributed by atoms with Gasteiger partial charge in [-0.1, -0.05) is 42.5 Å². The number of aryl methyl sites for hydroxylation is 1. The zero-order valence-corrected chi connectivity index (χ0v) is 11.4. The highest BCUT2D eigenvalue weighted by atomic mass is 19.4. The third kappa shape index (κ3) is 4.97. The second-order valence-corrected chi connectivity index (χ2v) is 4.66. The van der Waals surface area contributed by atoms with E-state index in [9.17, 15) is 13.2 Å². The number of alkyl halides is 3. The van der Waals surface area contributed by atoms with Crippen LogP contribution in [0.1, 0.15) is 23.1 Å². The molecule has 0 bridgehead atoms. The van der Waals surface area contributed by atoms with Crippen LogP contribution in [0.15, 0.2) is 66.4 Å². The third-order valence-corrected chi connectivity index (χ3v) is 3.03. The molecule has 0 fully saturated rings. The molecular formula is C18H15F3. The molecule has 2 rings (SSSR count). The second-order valence-electron chi connectivity index (χ2n) is 4.66. The van der Waals surface area contributed by atoms with Crippen LogP contribution in [-0.4, -0.2) is 0 Å². The predicted molar refractivity (Wildman–Crippen MR) is 78.8 cm³/mol. The van der Waals surface area contributed by atoms with Gasteiger partial charge in [-0.2, -0.15) is 13.2 Å². The van der Waals surface area contributed by atoms with Crippen molar-refractivity contribution < 1.29 is 13.2 Å². The Hall–Kier alpha value is -2.25. The molecule has 3 heteroatoms. The van der Waals surface area contributed by atoms with Gasteiger partial charge in [0.15, 0.2) is 0 Å². The molecule has 0 radical (unpaired) electrons. The van der Waals surface area contributed by atoms with E-state index in [1.165, 1.54) is 17.7 Å². The van der Waals surface area contributed by atoms with Gasteiger partial charge in [0.2, 0.25) is 0 Å². The van der Waals surface area contributed by atoms with Gasteiger partial charge in [-0.3, -0.25) is 0 Å². The first-order chi connectivity index (χ1) is 10.1. The number of rotatable bonds is 4. The van der Waals surface area contributed by atoms with Crippen molar-refractivity contribution in [3.63, 3.8) is 0 Å². The van der Waals surface area contributed by atoms with Crippen LogP contribution < -0.4 is 0 Å². The van der Waals surface area contributed by atoms with E-state index < -0.39 is 11.7 Å². The molecule has 108 valence electrons. The summed E-state index contributed by atoms with van der Waals surface area (Å²) in [5.41, 5.74) is 4.33. The summed E-state index contributed by atoms with van der Waals surface area (Å²) in [5, 5.41) is 0. The van der Waals surface area contributed by atoms with Gasteiger partial charge in [0, 0.05) is 0 Å². The lowest BCUT2D eigenvalue weighted by molar-refractivity contribution is -0.137. The monoisotopic (exact) mass is 288 g/mol. The summed E-state index contributed by atoms with van der Waals surface area (Å²) in [6, 6.07) is 15.1. The Morgan fingerprint density at radius 2 is 1.57 bits per heavy atom. The van der Waals surface area contributed by atoms with E-state index in [2.05, 4.69) is 17.9 Å². The average Bonchev–Trinajstić information content (AvgIpc) is 2.47. The molecule has 0 amide bonds. The highest BCUT2D eigenvalue weighted by Crippen LogP contribution is 2.29. The summed E-state index contributed by atoms with van der Waals surface area (Å²) < 4.78 is 37.2. The SMILES string of the molecule is FC(F)(F)c1ccc(C=C=CCCc2ccccc2)cc1. The van der Waals surface area contributed by atoms with E-state index in [0.717, 1.165) is 25.0 Å². The van der Waals surface area contributed by atoms with Gasteiger partial charge < -0.3 is 0 Å². The molecule has 0 aromatic heterocycles. The smallest absolute Gasteiger partial charge is 0.166 e. The van der Waals surface area contributed by atoms with E-state index in [-0.39, 0.29) is 0 Å². The molecule has 0 heterocycles. The molecule has 21 heavy (non-hydrogen) atoms. The van der Waals surface area contributed by atoms with Crippen LogP contribution in [0, 0.1) is 0 Å². The number of benzene rings is 2. The van der Waals surface area contributed by atoms with E-state index in [1.54, 1.807) is 6.08 Å². The lowest BCUT2D eigenvalue weighted by Crippen LogP contribution is -2.03. The van der Waals surface area contributed by atoms with E-state index >= 15 is 0 Å². The molecule has 2 aromatic rings. The number of allylic oxidation sites excluding steroid dienone is 1. The van der Waals surface area contributed by atoms with Crippen molar-refractivity contribution in [2.75, 3.05) is 0 Å². The average molecular weight is 288 g/mol. The third-order valence-electron chi connectivity index (χ3n) is 3.03. The fraction of sp³-hybridized carbons (Fsp3) is 0.167. The number of hydrogen-bond donors (Lipinski definition) is 0. The predicted octanol–water partition coefficient (Wildman–Crippen LogP) is 5.51. The van der Waals surface area contributed by atoms with E-state index in [0.29, 0.717) is 5.56 Å². The Morgan fingerprint density at radius 3 is 2.19 bits per heavy atom. The first kappa shape index (κ1) is 15.1. The largest absolute Gasteiger partial charge is 0.416 e. The van der Waals surface area contributed by atoms with Crippen LogP contribution in [0.4, 0.5) is 13.2 Å². The summed E-state index contributed by atoms with van der Waals surface area (Å²) in [7, 11) is 0. The van der Waals surface area contributed by atoms with Crippen LogP contribution in [0.5, 0.6) is 0 Å². The van der Waals surface area contributed by atoms with Gasteiger partial charge in [0.25, 0.3) is 0 Å². The van der Waals surface area contributed by atoms with Crippen molar-refractivity contribution in [2.45, 2.75) is 19.0 Å². The second kappa shape index (κ2) is 6.96. The van der Waals surface area contributed by atoms with Crippen molar-refractivity contribution in [1.82, 2.24) is 0 Å². The van der Waals surface area contributed by atoms with Gasteiger partial charge in [0.1, 0.15) is 0 Å². The van der Waals surface area contributed by atoms with E-state index in [4.69, 9.17) is 0 Å². The van der Waals surface area contributed by atoms with Gasteiger partial charge in [-0.05, 0) is 48.3 Å². The van der Waals surface area contributed by atoms with Gasteiger partial charge in [-0.25, -0.2) is 0 Å². The van der Waals surface area contributed by atoms with Gasteiger partial charge >= 0.3 is 6.18 Å². The summed E-state index contributed by atoms with van der Waals surface area (Å²) in [4.78, 5) is 0. The maximum atomic E-state index is 12.4. The molecule has 0 saturated carbocycles. The fourth-order valence-electron chi connectivity index (χ4n) is 1.89. The number of hydrogen-bond acceptors (Lipinski definition) is 0. The fourth-order valence-corrected chi connectivity index (χ4v) is 1.89. The van der Waals surface area contributed by atoms with Crippen LogP contribution in [0.25, 0.3) is 6.08 Å². The molecule has 0 spiro atoms. The molecule has 0 saturated heterocycles. The van der Waals surface area contributed by atoms with Gasteiger partial charge in [-0.15, -0.1) is 5.73 Å². The Bertz CT molecular complexity index is 616. The highest BCUT2D eigenvalue weighted by molar-refractivity contribution is 5.49. The lowest BCUT2D eigenvalue weighted by atomic mass is 10.1. The Kier molecular flexibility index (Phi) is 5.02. The van der Waals surface area contributed by atoms with Crippen LogP contribution in [0.2, 0.25) is 0 Å². The van der Waals surface area contributed by atoms with Crippen molar-refractivity contribution in [2.24, 2.45) is 0 Å². The van der Waals surface area contributed by atoms with E-state index in [1.807, 2.05) is 24.3 Å². The molecule has 2 aromatic carbocycles. The minimum absolute atomic E-state index is 0.632. The maximum absolute atomic E-state index is 12.4. The summed E-state index contributed by atoms with van der Waals surface area (Å²) in [6.07, 6.45) is 1.07. The molecule has 0 nitrogen and oxygen atoms in total. The van der Waals surface area contributed by atoms with Gasteiger partial charge in [0.05, 0.1) is 5.56 Å². The molecule has 0 aliphatic rings. The van der Waals surface area contributed by atoms with Crippen molar-refractivity contribution >= 4 is 6.08 Å². The van der Waals surface area contributed by atoms with Crippen LogP contribution in [-0.2, 0) is 12.6 Å². The zero-order valence-electron chi connectivity index (χ0n) is 11.4. The van der Waals surface area contributed by atoms with Crippen molar-refractivity contribution in [3.05, 3.63) is 83.1 Å². The quantitative estimate of drug-likeness (QED) is 0.651. The number of halogens is 3. The molecule has 0 unspecified atom stereocenters. The van der Waals surface area contributed by atoms with Crippen molar-refractivity contribution in [1.29, 1.82) is 0 Å².